The Labute approximate surface area is 148 Å². The fourth-order valence-electron chi connectivity index (χ4n) is 3.71. The maximum Gasteiger partial charge on any atom is 0.238 e. The van der Waals surface area contributed by atoms with Crippen LogP contribution in [-0.2, 0) is 14.6 Å². The number of nitrogens with two attached hydrogens (primary N) is 1. The number of hydrogen-bond acceptors (Lipinski definition) is 6. The van der Waals surface area contributed by atoms with Crippen molar-refractivity contribution in [2.45, 2.75) is 25.4 Å². The van der Waals surface area contributed by atoms with Crippen LogP contribution in [0.15, 0.2) is 24.3 Å². The van der Waals surface area contributed by atoms with Gasteiger partial charge < -0.3 is 20.3 Å². The summed E-state index contributed by atoms with van der Waals surface area (Å²) in [6.07, 6.45) is 0.885. The molecule has 0 aromatic heterocycles. The molecule has 2 aliphatic rings. The lowest BCUT2D eigenvalue weighted by molar-refractivity contribution is -0.129. The van der Waals surface area contributed by atoms with E-state index in [0.29, 0.717) is 13.2 Å². The average Bonchev–Trinajstić information content (AvgIpc) is 3.16. The van der Waals surface area contributed by atoms with Crippen molar-refractivity contribution in [1.82, 2.24) is 4.90 Å². The van der Waals surface area contributed by atoms with Crippen LogP contribution in [0.2, 0.25) is 0 Å². The van der Waals surface area contributed by atoms with E-state index >= 15 is 0 Å². The number of nitrogens with zero attached hydrogens (tertiary/aromatic N) is 2. The molecule has 3 rings (SSSR count). The van der Waals surface area contributed by atoms with Crippen LogP contribution in [0.4, 0.5) is 5.69 Å². The van der Waals surface area contributed by atoms with Crippen LogP contribution >= 0.6 is 0 Å². The third-order valence-corrected chi connectivity index (χ3v) is 6.36. The van der Waals surface area contributed by atoms with E-state index in [-0.39, 0.29) is 30.3 Å². The Bertz CT molecular complexity index is 720. The van der Waals surface area contributed by atoms with Crippen LogP contribution < -0.4 is 15.4 Å². The summed E-state index contributed by atoms with van der Waals surface area (Å²) >= 11 is 0. The number of sulfone groups is 1. The SMILES string of the molecule is CCOc1ccc(N2C[C@@H]3CC2CN3C(=O)CS(=O)(=O)CCN)cc1. The first-order valence-electron chi connectivity index (χ1n) is 8.63. The highest BCUT2D eigenvalue weighted by molar-refractivity contribution is 7.92. The first kappa shape index (κ1) is 18.0. The summed E-state index contributed by atoms with van der Waals surface area (Å²) in [6.45, 7) is 3.95. The lowest BCUT2D eigenvalue weighted by atomic mass is 10.2. The summed E-state index contributed by atoms with van der Waals surface area (Å²) in [5.41, 5.74) is 6.41. The van der Waals surface area contributed by atoms with Crippen LogP contribution in [0.3, 0.4) is 0 Å². The predicted molar refractivity (Wildman–Crippen MR) is 96.6 cm³/mol. The Morgan fingerprint density at radius 3 is 2.52 bits per heavy atom. The zero-order valence-corrected chi connectivity index (χ0v) is 15.2. The summed E-state index contributed by atoms with van der Waals surface area (Å²) in [6, 6.07) is 8.29. The quantitative estimate of drug-likeness (QED) is 0.743. The van der Waals surface area contributed by atoms with E-state index in [1.54, 1.807) is 4.90 Å². The van der Waals surface area contributed by atoms with Crippen LogP contribution in [-0.4, -0.2) is 69.1 Å². The normalized spacial score (nSPS) is 22.5. The molecular weight excluding hydrogens is 342 g/mol. The molecule has 0 radical (unpaired) electrons. The second-order valence-corrected chi connectivity index (χ2v) is 8.73. The van der Waals surface area contributed by atoms with Gasteiger partial charge >= 0.3 is 0 Å². The molecule has 0 aliphatic carbocycles. The van der Waals surface area contributed by atoms with Gasteiger partial charge in [0.1, 0.15) is 11.5 Å². The van der Waals surface area contributed by atoms with Crippen molar-refractivity contribution in [2.75, 3.05) is 42.6 Å². The summed E-state index contributed by atoms with van der Waals surface area (Å²) in [5, 5.41) is 0. The van der Waals surface area contributed by atoms with Gasteiger partial charge in [0.05, 0.1) is 18.4 Å². The topological polar surface area (TPSA) is 92.9 Å². The van der Waals surface area contributed by atoms with Gasteiger partial charge in [-0.1, -0.05) is 0 Å². The molecular formula is C17H25N3O4S. The van der Waals surface area contributed by atoms with Gasteiger partial charge in [0.15, 0.2) is 9.84 Å². The largest absolute Gasteiger partial charge is 0.494 e. The first-order valence-corrected chi connectivity index (χ1v) is 10.4. The molecule has 8 heteroatoms. The van der Waals surface area contributed by atoms with Crippen molar-refractivity contribution in [3.05, 3.63) is 24.3 Å². The third-order valence-electron chi connectivity index (χ3n) is 4.81. The number of fused-ring (bicyclic) bond motifs is 2. The Kier molecular flexibility index (Phi) is 5.19. The van der Waals surface area contributed by atoms with E-state index in [4.69, 9.17) is 10.5 Å². The molecule has 0 spiro atoms. The fraction of sp³-hybridized carbons (Fsp3) is 0.588. The Morgan fingerprint density at radius 2 is 1.96 bits per heavy atom. The molecule has 138 valence electrons. The Hall–Kier alpha value is -1.80. The van der Waals surface area contributed by atoms with E-state index in [1.165, 1.54) is 0 Å². The number of anilines is 1. The third kappa shape index (κ3) is 3.90. The van der Waals surface area contributed by atoms with E-state index in [9.17, 15) is 13.2 Å². The summed E-state index contributed by atoms with van der Waals surface area (Å²) in [5.74, 6) is -0.0278. The van der Waals surface area contributed by atoms with Gasteiger partial charge in [-0.25, -0.2) is 8.42 Å². The molecule has 2 atom stereocenters. The van der Waals surface area contributed by atoms with E-state index in [1.807, 2.05) is 31.2 Å². The maximum atomic E-state index is 12.4. The Morgan fingerprint density at radius 1 is 1.24 bits per heavy atom. The Balaban J connectivity index is 1.61. The van der Waals surface area contributed by atoms with Crippen molar-refractivity contribution < 1.29 is 17.9 Å². The highest BCUT2D eigenvalue weighted by Crippen LogP contribution is 2.35. The van der Waals surface area contributed by atoms with Gasteiger partial charge in [-0.3, -0.25) is 4.79 Å². The second-order valence-electron chi connectivity index (χ2n) is 6.55. The molecule has 2 fully saturated rings. The molecule has 1 amide bonds. The molecule has 1 aromatic carbocycles. The molecule has 0 saturated carbocycles. The zero-order valence-electron chi connectivity index (χ0n) is 14.4. The zero-order chi connectivity index (χ0) is 18.0. The number of ether oxygens (including phenoxy) is 1. The smallest absolute Gasteiger partial charge is 0.238 e. The van der Waals surface area contributed by atoms with E-state index < -0.39 is 15.6 Å². The van der Waals surface area contributed by atoms with Crippen LogP contribution in [0.1, 0.15) is 13.3 Å². The number of carbonyl (C=O) groups is 1. The molecule has 2 aliphatic heterocycles. The standard InChI is InChI=1S/C17H25N3O4S/c1-2-24-16-5-3-13(4-6-16)19-10-15-9-14(19)11-20(15)17(21)12-25(22,23)8-7-18/h3-6,14-15H,2,7-12,18H2,1H3/t14?,15-/m0/s1. The first-order chi connectivity index (χ1) is 11.9. The molecule has 2 saturated heterocycles. The molecule has 25 heavy (non-hydrogen) atoms. The maximum absolute atomic E-state index is 12.4. The van der Waals surface area contributed by atoms with Crippen molar-refractivity contribution in [3.63, 3.8) is 0 Å². The minimum absolute atomic E-state index is 0.0488. The van der Waals surface area contributed by atoms with Gasteiger partial charge in [0.25, 0.3) is 0 Å². The highest BCUT2D eigenvalue weighted by Gasteiger charge is 2.45. The molecule has 2 bridgehead atoms. The van der Waals surface area contributed by atoms with E-state index in [0.717, 1.165) is 24.4 Å². The fourth-order valence-corrected chi connectivity index (χ4v) is 4.76. The number of rotatable bonds is 7. The molecule has 2 heterocycles. The minimum Gasteiger partial charge on any atom is -0.494 e. The lowest BCUT2D eigenvalue weighted by Gasteiger charge is -2.35. The summed E-state index contributed by atoms with van der Waals surface area (Å²) in [7, 11) is -3.40. The van der Waals surface area contributed by atoms with Crippen molar-refractivity contribution in [3.8, 4) is 5.75 Å². The van der Waals surface area contributed by atoms with Gasteiger partial charge in [0.2, 0.25) is 5.91 Å². The number of likely N-dealkylation sites (tertiary alicyclic amines) is 1. The van der Waals surface area contributed by atoms with Gasteiger partial charge in [0, 0.05) is 31.4 Å². The van der Waals surface area contributed by atoms with Crippen LogP contribution in [0.25, 0.3) is 0 Å². The molecule has 2 N–H and O–H groups in total. The van der Waals surface area contributed by atoms with Crippen LogP contribution in [0, 0.1) is 0 Å². The second kappa shape index (κ2) is 7.21. The highest BCUT2D eigenvalue weighted by atomic mass is 32.2. The molecule has 7 nitrogen and oxygen atoms in total. The monoisotopic (exact) mass is 367 g/mol. The number of carbonyl (C=O) groups excluding carboxylic acids is 1. The molecule has 1 aromatic rings. The number of piperazine rings is 1. The summed E-state index contributed by atoms with van der Waals surface area (Å²) < 4.78 is 29.1. The van der Waals surface area contributed by atoms with Gasteiger partial charge in [-0.05, 0) is 37.6 Å². The van der Waals surface area contributed by atoms with Crippen molar-refractivity contribution >= 4 is 21.4 Å². The lowest BCUT2D eigenvalue weighted by Crippen LogP contribution is -2.50. The average molecular weight is 367 g/mol. The molecule has 1 unspecified atom stereocenters. The van der Waals surface area contributed by atoms with Crippen molar-refractivity contribution in [1.29, 1.82) is 0 Å². The predicted octanol–water partition coefficient (Wildman–Crippen LogP) is 0.248. The van der Waals surface area contributed by atoms with Gasteiger partial charge in [-0.2, -0.15) is 0 Å². The minimum atomic E-state index is -3.40. The van der Waals surface area contributed by atoms with Gasteiger partial charge in [-0.15, -0.1) is 0 Å². The van der Waals surface area contributed by atoms with E-state index in [2.05, 4.69) is 4.90 Å². The van der Waals surface area contributed by atoms with Crippen molar-refractivity contribution in [2.24, 2.45) is 5.73 Å². The summed E-state index contributed by atoms with van der Waals surface area (Å²) in [4.78, 5) is 16.4. The number of amides is 1. The number of hydrogen-bond donors (Lipinski definition) is 1. The number of benzene rings is 1. The van der Waals surface area contributed by atoms with Crippen LogP contribution in [0.5, 0.6) is 5.75 Å².